The summed E-state index contributed by atoms with van der Waals surface area (Å²) >= 11 is 0. The van der Waals surface area contributed by atoms with Crippen molar-refractivity contribution in [3.8, 4) is 0 Å². The fourth-order valence-electron chi connectivity index (χ4n) is 3.39. The Balaban J connectivity index is 1.58. The van der Waals surface area contributed by atoms with E-state index in [1.54, 1.807) is 6.08 Å². The fraction of sp³-hybridized carbons (Fsp3) is 0.360. The molecule has 1 amide bonds. The van der Waals surface area contributed by atoms with Crippen LogP contribution in [-0.4, -0.2) is 47.5 Å². The van der Waals surface area contributed by atoms with E-state index in [0.29, 0.717) is 18.9 Å². The highest BCUT2D eigenvalue weighted by Gasteiger charge is 2.10. The van der Waals surface area contributed by atoms with Crippen molar-refractivity contribution in [2.45, 2.75) is 32.7 Å². The van der Waals surface area contributed by atoms with Gasteiger partial charge in [0, 0.05) is 32.1 Å². The van der Waals surface area contributed by atoms with E-state index in [9.17, 15) is 4.79 Å². The van der Waals surface area contributed by atoms with Crippen LogP contribution in [0.1, 0.15) is 36.7 Å². The molecule has 158 valence electrons. The Morgan fingerprint density at radius 2 is 1.87 bits per heavy atom. The number of imidazole rings is 1. The Bertz CT molecular complexity index is 1000. The number of likely N-dealkylation sites (N-methyl/N-ethyl adjacent to an activating group) is 1. The highest BCUT2D eigenvalue weighted by molar-refractivity contribution is 5.91. The maximum Gasteiger partial charge on any atom is 0.244 e. The van der Waals surface area contributed by atoms with Crippen LogP contribution in [0.25, 0.3) is 17.1 Å². The molecular weight excluding hydrogens is 372 g/mol. The summed E-state index contributed by atoms with van der Waals surface area (Å²) in [6.45, 7) is 6.72. The summed E-state index contributed by atoms with van der Waals surface area (Å²) in [5.41, 5.74) is 4.47. The van der Waals surface area contributed by atoms with Crippen LogP contribution < -0.4 is 5.32 Å². The highest BCUT2D eigenvalue weighted by Crippen LogP contribution is 2.17. The minimum Gasteiger partial charge on any atom is -0.352 e. The van der Waals surface area contributed by atoms with Crippen molar-refractivity contribution in [3.63, 3.8) is 0 Å². The monoisotopic (exact) mass is 404 g/mol. The Kier molecular flexibility index (Phi) is 7.41. The standard InChI is InChI=1S/C25H32N4O/c1-19(2)21-12-9-20(10-13-21)11-14-25(30)26-16-15-24-27-22-7-5-6-8-23(22)29(24)18-17-28(3)4/h5-14,19H,15-18H2,1-4H3,(H,26,30)/b14-11+. The van der Waals surface area contributed by atoms with Crippen LogP contribution in [0, 0.1) is 0 Å². The van der Waals surface area contributed by atoms with E-state index >= 15 is 0 Å². The third-order valence-corrected chi connectivity index (χ3v) is 5.18. The summed E-state index contributed by atoms with van der Waals surface area (Å²) in [5, 5.41) is 2.98. The van der Waals surface area contributed by atoms with Crippen LogP contribution in [0.2, 0.25) is 0 Å². The number of hydrogen-bond acceptors (Lipinski definition) is 3. The van der Waals surface area contributed by atoms with Crippen molar-refractivity contribution < 1.29 is 4.79 Å². The van der Waals surface area contributed by atoms with Gasteiger partial charge in [-0.3, -0.25) is 4.79 Å². The molecule has 1 N–H and O–H groups in total. The van der Waals surface area contributed by atoms with Crippen LogP contribution in [0.15, 0.2) is 54.6 Å². The van der Waals surface area contributed by atoms with E-state index in [1.807, 2.05) is 36.4 Å². The summed E-state index contributed by atoms with van der Waals surface area (Å²) in [5.74, 6) is 1.43. The lowest BCUT2D eigenvalue weighted by molar-refractivity contribution is -0.116. The van der Waals surface area contributed by atoms with E-state index in [4.69, 9.17) is 4.98 Å². The summed E-state index contributed by atoms with van der Waals surface area (Å²) in [4.78, 5) is 19.2. The third kappa shape index (κ3) is 5.80. The van der Waals surface area contributed by atoms with Crippen LogP contribution >= 0.6 is 0 Å². The molecule has 0 atom stereocenters. The van der Waals surface area contributed by atoms with Gasteiger partial charge in [-0.2, -0.15) is 0 Å². The van der Waals surface area contributed by atoms with Gasteiger partial charge in [0.25, 0.3) is 0 Å². The van der Waals surface area contributed by atoms with E-state index in [-0.39, 0.29) is 5.91 Å². The number of fused-ring (bicyclic) bond motifs is 1. The second kappa shape index (κ2) is 10.2. The molecule has 0 bridgehead atoms. The number of nitrogens with one attached hydrogen (secondary N) is 1. The van der Waals surface area contributed by atoms with Crippen molar-refractivity contribution in [3.05, 3.63) is 71.6 Å². The Labute approximate surface area is 179 Å². The SMILES string of the molecule is CC(C)c1ccc(/C=C/C(=O)NCCc2nc3ccccc3n2CCN(C)C)cc1. The summed E-state index contributed by atoms with van der Waals surface area (Å²) in [6.07, 6.45) is 4.15. The van der Waals surface area contributed by atoms with Crippen molar-refractivity contribution in [2.24, 2.45) is 0 Å². The zero-order valence-electron chi connectivity index (χ0n) is 18.4. The van der Waals surface area contributed by atoms with Gasteiger partial charge in [0.15, 0.2) is 0 Å². The van der Waals surface area contributed by atoms with Crippen molar-refractivity contribution in [2.75, 3.05) is 27.2 Å². The van der Waals surface area contributed by atoms with Crippen LogP contribution in [0.4, 0.5) is 0 Å². The second-order valence-electron chi connectivity index (χ2n) is 8.17. The number of para-hydroxylation sites is 2. The number of nitrogens with zero attached hydrogens (tertiary/aromatic N) is 3. The number of hydrogen-bond donors (Lipinski definition) is 1. The van der Waals surface area contributed by atoms with Gasteiger partial charge in [-0.1, -0.05) is 50.2 Å². The zero-order valence-corrected chi connectivity index (χ0v) is 18.4. The molecule has 0 saturated heterocycles. The number of amides is 1. The van der Waals surface area contributed by atoms with E-state index in [0.717, 1.165) is 35.5 Å². The molecule has 0 saturated carbocycles. The van der Waals surface area contributed by atoms with Crippen molar-refractivity contribution in [1.29, 1.82) is 0 Å². The molecule has 5 heteroatoms. The van der Waals surface area contributed by atoms with Gasteiger partial charge in [0.1, 0.15) is 5.82 Å². The van der Waals surface area contributed by atoms with Gasteiger partial charge in [-0.25, -0.2) is 4.98 Å². The number of benzene rings is 2. The van der Waals surface area contributed by atoms with E-state index in [2.05, 4.69) is 60.9 Å². The molecule has 1 aromatic heterocycles. The number of aromatic nitrogens is 2. The van der Waals surface area contributed by atoms with Crippen LogP contribution in [-0.2, 0) is 17.8 Å². The predicted octanol–water partition coefficient (Wildman–Crippen LogP) is 4.09. The van der Waals surface area contributed by atoms with E-state index in [1.165, 1.54) is 5.56 Å². The summed E-state index contributed by atoms with van der Waals surface area (Å²) in [6, 6.07) is 16.5. The Morgan fingerprint density at radius 1 is 1.13 bits per heavy atom. The zero-order chi connectivity index (χ0) is 21.5. The van der Waals surface area contributed by atoms with Gasteiger partial charge in [-0.15, -0.1) is 0 Å². The molecule has 0 radical (unpaired) electrons. The van der Waals surface area contributed by atoms with Crippen LogP contribution in [0.5, 0.6) is 0 Å². The van der Waals surface area contributed by atoms with Crippen LogP contribution in [0.3, 0.4) is 0 Å². The number of carbonyl (C=O) groups excluding carboxylic acids is 1. The summed E-state index contributed by atoms with van der Waals surface area (Å²) < 4.78 is 2.26. The van der Waals surface area contributed by atoms with E-state index < -0.39 is 0 Å². The molecule has 2 aromatic carbocycles. The average molecular weight is 405 g/mol. The minimum atomic E-state index is -0.0844. The van der Waals surface area contributed by atoms with Gasteiger partial charge >= 0.3 is 0 Å². The molecule has 0 unspecified atom stereocenters. The largest absolute Gasteiger partial charge is 0.352 e. The first kappa shape index (κ1) is 21.8. The molecule has 0 aliphatic heterocycles. The van der Waals surface area contributed by atoms with Gasteiger partial charge in [0.05, 0.1) is 11.0 Å². The highest BCUT2D eigenvalue weighted by atomic mass is 16.1. The minimum absolute atomic E-state index is 0.0844. The first-order chi connectivity index (χ1) is 14.4. The first-order valence-electron chi connectivity index (χ1n) is 10.6. The molecule has 3 aromatic rings. The molecule has 0 fully saturated rings. The predicted molar refractivity (Wildman–Crippen MR) is 125 cm³/mol. The second-order valence-corrected chi connectivity index (χ2v) is 8.17. The topological polar surface area (TPSA) is 50.2 Å². The van der Waals surface area contributed by atoms with Crippen molar-refractivity contribution >= 4 is 23.0 Å². The molecule has 3 rings (SSSR count). The summed E-state index contributed by atoms with van der Waals surface area (Å²) in [7, 11) is 4.14. The van der Waals surface area contributed by atoms with Gasteiger partial charge in [-0.05, 0) is 49.3 Å². The Morgan fingerprint density at radius 3 is 2.57 bits per heavy atom. The first-order valence-corrected chi connectivity index (χ1v) is 10.6. The molecule has 0 aliphatic rings. The maximum atomic E-state index is 12.2. The molecule has 1 heterocycles. The number of carbonyl (C=O) groups is 1. The maximum absolute atomic E-state index is 12.2. The Hall–Kier alpha value is -2.92. The third-order valence-electron chi connectivity index (χ3n) is 5.18. The van der Waals surface area contributed by atoms with Crippen molar-refractivity contribution in [1.82, 2.24) is 19.8 Å². The quantitative estimate of drug-likeness (QED) is 0.547. The lowest BCUT2D eigenvalue weighted by Crippen LogP contribution is -2.25. The molecule has 5 nitrogen and oxygen atoms in total. The molecular formula is C25H32N4O. The molecule has 0 spiro atoms. The van der Waals surface area contributed by atoms with Gasteiger partial charge < -0.3 is 14.8 Å². The smallest absolute Gasteiger partial charge is 0.244 e. The molecule has 0 aliphatic carbocycles. The normalized spacial score (nSPS) is 11.8. The average Bonchev–Trinajstić information content (AvgIpc) is 3.08. The van der Waals surface area contributed by atoms with Gasteiger partial charge in [0.2, 0.25) is 5.91 Å². The fourth-order valence-corrected chi connectivity index (χ4v) is 3.39. The molecule has 30 heavy (non-hydrogen) atoms. The lowest BCUT2D eigenvalue weighted by Gasteiger charge is -2.13. The lowest BCUT2D eigenvalue weighted by atomic mass is 10.0. The number of rotatable bonds is 9.